The van der Waals surface area contributed by atoms with E-state index in [1.54, 1.807) is 4.68 Å². The Labute approximate surface area is 76.7 Å². The molecule has 4 N–H and O–H groups in total. The van der Waals surface area contributed by atoms with Crippen molar-refractivity contribution < 1.29 is 4.79 Å². The number of primary amides is 1. The predicted octanol–water partition coefficient (Wildman–Crippen LogP) is -0.0425. The maximum Gasteiger partial charge on any atom is 0.219 e. The molecular formula is C8H14N4O. The molecule has 0 radical (unpaired) electrons. The van der Waals surface area contributed by atoms with Crippen molar-refractivity contribution in [2.45, 2.75) is 26.8 Å². The highest BCUT2D eigenvalue weighted by atomic mass is 16.1. The Hall–Kier alpha value is -1.52. The van der Waals surface area contributed by atoms with Crippen molar-refractivity contribution >= 4 is 11.6 Å². The second-order valence-electron chi connectivity index (χ2n) is 3.02. The average molecular weight is 182 g/mol. The molecule has 72 valence electrons. The van der Waals surface area contributed by atoms with Crippen LogP contribution in [0.1, 0.15) is 17.8 Å². The molecule has 0 saturated carbocycles. The molecule has 5 nitrogen and oxygen atoms in total. The third-order valence-electron chi connectivity index (χ3n) is 2.01. The van der Waals surface area contributed by atoms with E-state index in [1.165, 1.54) is 0 Å². The van der Waals surface area contributed by atoms with Gasteiger partial charge in [-0.2, -0.15) is 5.10 Å². The quantitative estimate of drug-likeness (QED) is 0.687. The number of hydrogen-bond acceptors (Lipinski definition) is 3. The molecule has 1 aromatic rings. The van der Waals surface area contributed by atoms with Gasteiger partial charge in [-0.1, -0.05) is 0 Å². The molecule has 1 rings (SSSR count). The molecule has 0 aliphatic heterocycles. The van der Waals surface area contributed by atoms with Crippen LogP contribution in [0.25, 0.3) is 0 Å². The summed E-state index contributed by atoms with van der Waals surface area (Å²) in [5.41, 5.74) is 13.1. The number of hydrogen-bond donors (Lipinski definition) is 2. The predicted molar refractivity (Wildman–Crippen MR) is 49.9 cm³/mol. The smallest absolute Gasteiger partial charge is 0.219 e. The van der Waals surface area contributed by atoms with Gasteiger partial charge in [-0.15, -0.1) is 0 Å². The fraction of sp³-hybridized carbons (Fsp3) is 0.500. The molecule has 0 aliphatic rings. The van der Waals surface area contributed by atoms with E-state index < -0.39 is 0 Å². The minimum Gasteiger partial charge on any atom is -0.396 e. The molecule has 0 aromatic carbocycles. The van der Waals surface area contributed by atoms with E-state index in [2.05, 4.69) is 5.10 Å². The first kappa shape index (κ1) is 9.57. The van der Waals surface area contributed by atoms with Crippen LogP contribution in [0.5, 0.6) is 0 Å². The lowest BCUT2D eigenvalue weighted by Gasteiger charge is -2.01. The molecule has 1 amide bonds. The lowest BCUT2D eigenvalue weighted by molar-refractivity contribution is -0.118. The Morgan fingerprint density at radius 3 is 2.54 bits per heavy atom. The fourth-order valence-electron chi connectivity index (χ4n) is 1.14. The Balaban J connectivity index is 2.78. The molecule has 0 spiro atoms. The molecule has 1 heterocycles. The second kappa shape index (κ2) is 3.47. The third-order valence-corrected chi connectivity index (χ3v) is 2.01. The summed E-state index contributed by atoms with van der Waals surface area (Å²) in [6, 6.07) is 0. The van der Waals surface area contributed by atoms with Gasteiger partial charge in [0, 0.05) is 6.42 Å². The highest BCUT2D eigenvalue weighted by Gasteiger charge is 2.07. The van der Waals surface area contributed by atoms with Crippen LogP contribution in [0.3, 0.4) is 0 Å². The zero-order valence-corrected chi connectivity index (χ0v) is 7.87. The van der Waals surface area contributed by atoms with Crippen LogP contribution in [0.15, 0.2) is 0 Å². The largest absolute Gasteiger partial charge is 0.396 e. The zero-order chi connectivity index (χ0) is 10.0. The van der Waals surface area contributed by atoms with Crippen molar-refractivity contribution in [2.75, 3.05) is 5.73 Å². The first-order chi connectivity index (χ1) is 6.02. The van der Waals surface area contributed by atoms with Gasteiger partial charge < -0.3 is 11.5 Å². The van der Waals surface area contributed by atoms with E-state index in [1.807, 2.05) is 13.8 Å². The summed E-state index contributed by atoms with van der Waals surface area (Å²) < 4.78 is 1.70. The SMILES string of the molecule is Cc1nn(CCC(N)=O)c(C)c1N. The highest BCUT2D eigenvalue weighted by molar-refractivity contribution is 5.73. The third kappa shape index (κ3) is 1.99. The summed E-state index contributed by atoms with van der Waals surface area (Å²) in [4.78, 5) is 10.5. The lowest BCUT2D eigenvalue weighted by atomic mass is 10.3. The second-order valence-corrected chi connectivity index (χ2v) is 3.02. The first-order valence-corrected chi connectivity index (χ1v) is 4.10. The molecular weight excluding hydrogens is 168 g/mol. The van der Waals surface area contributed by atoms with Gasteiger partial charge in [0.2, 0.25) is 5.91 Å². The maximum atomic E-state index is 10.5. The van der Waals surface area contributed by atoms with Crippen molar-refractivity contribution in [1.82, 2.24) is 9.78 Å². The molecule has 0 atom stereocenters. The summed E-state index contributed by atoms with van der Waals surface area (Å²) in [6.07, 6.45) is 0.293. The van der Waals surface area contributed by atoms with Crippen LogP contribution in [-0.2, 0) is 11.3 Å². The number of aromatic nitrogens is 2. The van der Waals surface area contributed by atoms with Crippen LogP contribution in [0.4, 0.5) is 5.69 Å². The minimum atomic E-state index is -0.328. The average Bonchev–Trinajstić information content (AvgIpc) is 2.29. The van der Waals surface area contributed by atoms with Gasteiger partial charge >= 0.3 is 0 Å². The fourth-order valence-corrected chi connectivity index (χ4v) is 1.14. The number of nitrogen functional groups attached to an aromatic ring is 1. The van der Waals surface area contributed by atoms with Crippen LogP contribution in [-0.4, -0.2) is 15.7 Å². The molecule has 0 fully saturated rings. The summed E-state index contributed by atoms with van der Waals surface area (Å²) in [7, 11) is 0. The molecule has 1 aromatic heterocycles. The van der Waals surface area contributed by atoms with E-state index >= 15 is 0 Å². The number of carbonyl (C=O) groups is 1. The van der Waals surface area contributed by atoms with Crippen LogP contribution >= 0.6 is 0 Å². The number of aryl methyl sites for hydroxylation is 2. The lowest BCUT2D eigenvalue weighted by Crippen LogP contribution is -2.15. The maximum absolute atomic E-state index is 10.5. The van der Waals surface area contributed by atoms with Gasteiger partial charge in [0.25, 0.3) is 0 Å². The molecule has 0 bridgehead atoms. The number of nitrogens with zero attached hydrogens (tertiary/aromatic N) is 2. The Kier molecular flexibility index (Phi) is 2.55. The van der Waals surface area contributed by atoms with E-state index in [0.717, 1.165) is 11.4 Å². The number of carbonyl (C=O) groups excluding carboxylic acids is 1. The van der Waals surface area contributed by atoms with E-state index in [-0.39, 0.29) is 5.91 Å². The Bertz CT molecular complexity index is 329. The van der Waals surface area contributed by atoms with Crippen molar-refractivity contribution in [3.63, 3.8) is 0 Å². The molecule has 0 aliphatic carbocycles. The monoisotopic (exact) mass is 182 g/mol. The summed E-state index contributed by atoms with van der Waals surface area (Å²) in [5, 5.41) is 4.17. The Morgan fingerprint density at radius 1 is 1.54 bits per heavy atom. The van der Waals surface area contributed by atoms with Gasteiger partial charge in [0.05, 0.1) is 23.6 Å². The topological polar surface area (TPSA) is 86.9 Å². The van der Waals surface area contributed by atoms with Gasteiger partial charge in [0.1, 0.15) is 0 Å². The van der Waals surface area contributed by atoms with E-state index in [4.69, 9.17) is 11.5 Å². The van der Waals surface area contributed by atoms with Crippen molar-refractivity contribution in [3.8, 4) is 0 Å². The van der Waals surface area contributed by atoms with Crippen molar-refractivity contribution in [1.29, 1.82) is 0 Å². The number of rotatable bonds is 3. The number of amides is 1. The summed E-state index contributed by atoms with van der Waals surface area (Å²) >= 11 is 0. The summed E-state index contributed by atoms with van der Waals surface area (Å²) in [6.45, 7) is 4.21. The molecule has 5 heteroatoms. The van der Waals surface area contributed by atoms with E-state index in [0.29, 0.717) is 18.7 Å². The van der Waals surface area contributed by atoms with Gasteiger partial charge in [-0.05, 0) is 13.8 Å². The van der Waals surface area contributed by atoms with Crippen molar-refractivity contribution in [3.05, 3.63) is 11.4 Å². The Morgan fingerprint density at radius 2 is 2.15 bits per heavy atom. The van der Waals surface area contributed by atoms with Gasteiger partial charge in [-0.3, -0.25) is 9.48 Å². The molecule has 13 heavy (non-hydrogen) atoms. The first-order valence-electron chi connectivity index (χ1n) is 4.10. The number of nitrogens with two attached hydrogens (primary N) is 2. The minimum absolute atomic E-state index is 0.293. The number of anilines is 1. The highest BCUT2D eigenvalue weighted by Crippen LogP contribution is 2.14. The van der Waals surface area contributed by atoms with Crippen LogP contribution in [0, 0.1) is 13.8 Å². The zero-order valence-electron chi connectivity index (χ0n) is 7.87. The normalized spacial score (nSPS) is 10.3. The standard InChI is InChI=1S/C8H14N4O/c1-5-8(10)6(2)12(11-5)4-3-7(9)13/h3-4,10H2,1-2H3,(H2,9,13). The molecule has 0 unspecified atom stereocenters. The van der Waals surface area contributed by atoms with Gasteiger partial charge in [0.15, 0.2) is 0 Å². The van der Waals surface area contributed by atoms with E-state index in [9.17, 15) is 4.79 Å². The van der Waals surface area contributed by atoms with Crippen LogP contribution < -0.4 is 11.5 Å². The summed E-state index contributed by atoms with van der Waals surface area (Å²) in [5.74, 6) is -0.328. The molecule has 0 saturated heterocycles. The van der Waals surface area contributed by atoms with Crippen LogP contribution in [0.2, 0.25) is 0 Å². The van der Waals surface area contributed by atoms with Gasteiger partial charge in [-0.25, -0.2) is 0 Å². The van der Waals surface area contributed by atoms with Crippen molar-refractivity contribution in [2.24, 2.45) is 5.73 Å².